The van der Waals surface area contributed by atoms with Crippen LogP contribution in [0, 0.1) is 57.7 Å². The maximum absolute atomic E-state index is 12.0. The molecule has 0 spiro atoms. The van der Waals surface area contributed by atoms with Gasteiger partial charge in [0.25, 0.3) is 0 Å². The van der Waals surface area contributed by atoms with Crippen LogP contribution in [0.2, 0.25) is 0 Å². The summed E-state index contributed by atoms with van der Waals surface area (Å²) in [6.45, 7) is 15.7. The molecular formula is C30H51Na3O12S3. The summed E-state index contributed by atoms with van der Waals surface area (Å²) in [6.07, 6.45) is 2.28. The van der Waals surface area contributed by atoms with E-state index in [2.05, 4.69) is 45.7 Å². The van der Waals surface area contributed by atoms with Gasteiger partial charge in [-0.2, -0.15) is 0 Å². The molecule has 0 aromatic carbocycles. The topological polar surface area (TPSA) is 199 Å². The minimum absolute atomic E-state index is 0. The van der Waals surface area contributed by atoms with E-state index in [1.165, 1.54) is 0 Å². The minimum atomic E-state index is -5.35. The van der Waals surface area contributed by atoms with E-state index in [4.69, 9.17) is 8.37 Å². The fraction of sp³-hybridized carbons (Fsp3) is 1.00. The van der Waals surface area contributed by atoms with Crippen LogP contribution < -0.4 is 88.7 Å². The molecule has 0 aromatic rings. The van der Waals surface area contributed by atoms with Gasteiger partial charge in [-0.05, 0) is 109 Å². The van der Waals surface area contributed by atoms with Crippen LogP contribution in [0.4, 0.5) is 0 Å². The van der Waals surface area contributed by atoms with Crippen LogP contribution in [0.3, 0.4) is 0 Å². The number of hydrogen-bond donors (Lipinski definition) is 0. The van der Waals surface area contributed by atoms with Crippen LogP contribution in [0.1, 0.15) is 113 Å². The second-order valence-corrected chi connectivity index (χ2v) is 18.8. The van der Waals surface area contributed by atoms with Gasteiger partial charge in [-0.15, -0.1) is 0 Å². The molecule has 4 aliphatic rings. The van der Waals surface area contributed by atoms with Crippen LogP contribution in [0.25, 0.3) is 0 Å². The second kappa shape index (κ2) is 17.6. The second-order valence-electron chi connectivity index (χ2n) is 15.8. The normalized spacial score (nSPS) is 38.1. The van der Waals surface area contributed by atoms with Crippen molar-refractivity contribution in [3.8, 4) is 0 Å². The molecule has 0 aromatic heterocycles. The van der Waals surface area contributed by atoms with Crippen molar-refractivity contribution in [1.29, 1.82) is 0 Å². The van der Waals surface area contributed by atoms with Crippen molar-refractivity contribution in [3.05, 3.63) is 0 Å². The average molecular weight is 769 g/mol. The Bertz CT molecular complexity index is 1410. The summed E-state index contributed by atoms with van der Waals surface area (Å²) < 4.78 is 120. The quantitative estimate of drug-likeness (QED) is 0.106. The molecule has 12 atom stereocenters. The van der Waals surface area contributed by atoms with Gasteiger partial charge in [0.15, 0.2) is 0 Å². The third-order valence-electron chi connectivity index (χ3n) is 13.4. The van der Waals surface area contributed by atoms with E-state index in [0.29, 0.717) is 17.8 Å². The molecule has 18 heteroatoms. The largest absolute Gasteiger partial charge is 1.00 e. The zero-order valence-corrected chi connectivity index (χ0v) is 38.9. The Morgan fingerprint density at radius 1 is 0.708 bits per heavy atom. The molecule has 0 saturated heterocycles. The Labute approximate surface area is 355 Å². The van der Waals surface area contributed by atoms with E-state index in [0.717, 1.165) is 44.9 Å². The predicted molar refractivity (Wildman–Crippen MR) is 161 cm³/mol. The van der Waals surface area contributed by atoms with Gasteiger partial charge < -0.3 is 13.7 Å². The first kappa shape index (κ1) is 48.6. The first-order chi connectivity index (χ1) is 20.4. The first-order valence-electron chi connectivity index (χ1n) is 16.3. The van der Waals surface area contributed by atoms with Crippen LogP contribution in [-0.2, 0) is 43.7 Å². The summed E-state index contributed by atoms with van der Waals surface area (Å²) in [6, 6.07) is 0. The van der Waals surface area contributed by atoms with Gasteiger partial charge in [0.05, 0.1) is 6.10 Å². The molecule has 264 valence electrons. The molecule has 4 saturated carbocycles. The first-order valence-corrected chi connectivity index (χ1v) is 20.3. The third-order valence-corrected chi connectivity index (χ3v) is 14.9. The van der Waals surface area contributed by atoms with Crippen molar-refractivity contribution in [3.63, 3.8) is 0 Å². The van der Waals surface area contributed by atoms with Gasteiger partial charge in [-0.1, -0.05) is 61.3 Å². The monoisotopic (exact) mass is 768 g/mol. The summed E-state index contributed by atoms with van der Waals surface area (Å²) in [5.74, 6) is 0.821. The molecule has 0 N–H and O–H groups in total. The minimum Gasteiger partial charge on any atom is -0.726 e. The Morgan fingerprint density at radius 3 is 1.73 bits per heavy atom. The average Bonchev–Trinajstić information content (AvgIpc) is 3.23. The third kappa shape index (κ3) is 11.1. The van der Waals surface area contributed by atoms with Crippen LogP contribution >= 0.6 is 0 Å². The van der Waals surface area contributed by atoms with Crippen molar-refractivity contribution in [1.82, 2.24) is 0 Å². The molecule has 4 fully saturated rings. The smallest absolute Gasteiger partial charge is 0.726 e. The fourth-order valence-corrected chi connectivity index (χ4v) is 12.0. The maximum atomic E-state index is 12.0. The van der Waals surface area contributed by atoms with E-state index in [-0.39, 0.29) is 137 Å². The SMILES string of the molecule is CCC(C)(C)C(C)CC[C@@H](C)[C@H]1CC[C@H]2[C@@H]3C[C@H](OS(=O)(=O)[O-])C4C[C@H](OS(=O)(=O)[O-])[C@@H](OS(=O)(=O)[O-])C[C@]4(C)[C@H]3CC[C@]12C.[Na+].[Na+].[Na+]. The molecule has 12 nitrogen and oxygen atoms in total. The van der Waals surface area contributed by atoms with Crippen molar-refractivity contribution in [2.45, 2.75) is 131 Å². The molecule has 48 heavy (non-hydrogen) atoms. The zero-order chi connectivity index (χ0) is 34.0. The number of fused-ring (bicyclic) bond motifs is 5. The zero-order valence-electron chi connectivity index (χ0n) is 30.5. The molecular weight excluding hydrogens is 717 g/mol. The summed E-state index contributed by atoms with van der Waals surface area (Å²) in [5.41, 5.74) is -0.661. The van der Waals surface area contributed by atoms with Gasteiger partial charge in [0.1, 0.15) is 12.2 Å². The standard InChI is InChI=1S/C30H54O12S3.3Na/c1-8-28(4,5)19(3)10-9-18(2)21-11-12-22-20-15-25(40-43(31,32)33)24-16-26(41-44(34,35)36)27(42-45(37,38)39)17-30(24,7)23(20)13-14-29(21,22)6;;;/h18-27H,8-17H2,1-7H3,(H,31,32,33)(H,34,35,36)(H,37,38,39);;;/q;3*+1/p-3/t18-,19?,20+,21-,22+,23+,24?,25+,26+,27+,29-,30-;;;/m1.../s1. The Hall–Kier alpha value is 2.61. The van der Waals surface area contributed by atoms with Gasteiger partial charge in [-0.3, -0.25) is 12.5 Å². The van der Waals surface area contributed by atoms with E-state index in [9.17, 15) is 38.9 Å². The van der Waals surface area contributed by atoms with Crippen molar-refractivity contribution < 1.29 is 140 Å². The Kier molecular flexibility index (Phi) is 17.8. The van der Waals surface area contributed by atoms with E-state index in [1.807, 2.05) is 6.92 Å². The van der Waals surface area contributed by atoms with E-state index < -0.39 is 60.8 Å². The molecule has 0 aliphatic heterocycles. The van der Waals surface area contributed by atoms with Gasteiger partial charge in [-0.25, -0.2) is 25.3 Å². The summed E-state index contributed by atoms with van der Waals surface area (Å²) in [7, 11) is -15.8. The summed E-state index contributed by atoms with van der Waals surface area (Å²) in [5, 5.41) is 0. The van der Waals surface area contributed by atoms with Gasteiger partial charge in [0.2, 0.25) is 31.2 Å². The molecule has 0 radical (unpaired) electrons. The number of hydrogen-bond acceptors (Lipinski definition) is 12. The molecule has 4 rings (SSSR count). The molecule has 0 heterocycles. The summed E-state index contributed by atoms with van der Waals surface area (Å²) >= 11 is 0. The molecule has 0 amide bonds. The summed E-state index contributed by atoms with van der Waals surface area (Å²) in [4.78, 5) is 0. The maximum Gasteiger partial charge on any atom is 1.00 e. The van der Waals surface area contributed by atoms with Gasteiger partial charge >= 0.3 is 88.7 Å². The fourth-order valence-electron chi connectivity index (χ4n) is 10.4. The van der Waals surface area contributed by atoms with Crippen molar-refractivity contribution in [2.75, 3.05) is 0 Å². The molecule has 4 aliphatic carbocycles. The predicted octanol–water partition coefficient (Wildman–Crippen LogP) is -4.10. The van der Waals surface area contributed by atoms with Gasteiger partial charge in [0, 0.05) is 0 Å². The van der Waals surface area contributed by atoms with E-state index >= 15 is 0 Å². The van der Waals surface area contributed by atoms with Crippen LogP contribution in [0.15, 0.2) is 0 Å². The van der Waals surface area contributed by atoms with E-state index in [1.54, 1.807) is 0 Å². The molecule has 2 unspecified atom stereocenters. The van der Waals surface area contributed by atoms with Crippen molar-refractivity contribution in [2.24, 2.45) is 57.7 Å². The van der Waals surface area contributed by atoms with Crippen molar-refractivity contribution >= 4 is 31.2 Å². The Morgan fingerprint density at radius 2 is 1.21 bits per heavy atom. The molecule has 0 bridgehead atoms. The number of rotatable bonds is 12. The Balaban J connectivity index is 0.00000384. The van der Waals surface area contributed by atoms with Crippen LogP contribution in [-0.4, -0.2) is 57.2 Å². The van der Waals surface area contributed by atoms with Crippen LogP contribution in [0.5, 0.6) is 0 Å².